The number of carbonyl (C=O) groups is 1. The van der Waals surface area contributed by atoms with E-state index < -0.39 is 5.54 Å². The first-order valence-corrected chi connectivity index (χ1v) is 8.16. The second-order valence-electron chi connectivity index (χ2n) is 5.76. The Kier molecular flexibility index (Phi) is 4.22. The molecule has 0 atom stereocenters. The highest BCUT2D eigenvalue weighted by molar-refractivity contribution is 7.15. The first kappa shape index (κ1) is 15.1. The van der Waals surface area contributed by atoms with Gasteiger partial charge in [0.2, 0.25) is 5.91 Å². The number of carbonyl (C=O) groups excluding carboxylic acids is 1. The molecule has 1 heterocycles. The minimum atomic E-state index is -0.756. The van der Waals surface area contributed by atoms with Gasteiger partial charge in [-0.2, -0.15) is 0 Å². The Morgan fingerprint density at radius 2 is 2.18 bits per heavy atom. The van der Waals surface area contributed by atoms with Gasteiger partial charge >= 0.3 is 0 Å². The van der Waals surface area contributed by atoms with Crippen LogP contribution >= 0.6 is 11.3 Å². The SMILES string of the molecule is NC1(C(=O)Nc2ncc(Cc3cccc(F)c3)s2)CCCC1. The molecule has 0 saturated heterocycles. The molecule has 22 heavy (non-hydrogen) atoms. The number of hydrogen-bond acceptors (Lipinski definition) is 4. The molecule has 1 fully saturated rings. The molecule has 3 N–H and O–H groups in total. The van der Waals surface area contributed by atoms with Crippen molar-refractivity contribution in [2.45, 2.75) is 37.6 Å². The largest absolute Gasteiger partial charge is 0.317 e. The van der Waals surface area contributed by atoms with Gasteiger partial charge < -0.3 is 11.1 Å². The predicted octanol–water partition coefficient (Wildman–Crippen LogP) is 3.08. The topological polar surface area (TPSA) is 68.0 Å². The molecule has 0 spiro atoms. The zero-order valence-electron chi connectivity index (χ0n) is 12.1. The van der Waals surface area contributed by atoms with E-state index in [1.807, 2.05) is 6.07 Å². The van der Waals surface area contributed by atoms with Crippen LogP contribution in [0.1, 0.15) is 36.1 Å². The fourth-order valence-electron chi connectivity index (χ4n) is 2.75. The van der Waals surface area contributed by atoms with Gasteiger partial charge in [-0.05, 0) is 30.5 Å². The van der Waals surface area contributed by atoms with Crippen molar-refractivity contribution < 1.29 is 9.18 Å². The van der Waals surface area contributed by atoms with Gasteiger partial charge in [-0.15, -0.1) is 11.3 Å². The number of rotatable bonds is 4. The summed E-state index contributed by atoms with van der Waals surface area (Å²) in [6.45, 7) is 0. The number of halogens is 1. The van der Waals surface area contributed by atoms with Crippen molar-refractivity contribution >= 4 is 22.4 Å². The van der Waals surface area contributed by atoms with E-state index >= 15 is 0 Å². The van der Waals surface area contributed by atoms with Crippen LogP contribution in [0.4, 0.5) is 9.52 Å². The lowest BCUT2D eigenvalue weighted by Crippen LogP contribution is -2.48. The quantitative estimate of drug-likeness (QED) is 0.910. The van der Waals surface area contributed by atoms with E-state index in [9.17, 15) is 9.18 Å². The average Bonchev–Trinajstić information content (AvgIpc) is 3.09. The Morgan fingerprint density at radius 1 is 1.41 bits per heavy atom. The summed E-state index contributed by atoms with van der Waals surface area (Å²) in [5, 5.41) is 3.36. The molecule has 0 bridgehead atoms. The van der Waals surface area contributed by atoms with E-state index in [4.69, 9.17) is 5.73 Å². The van der Waals surface area contributed by atoms with Crippen molar-refractivity contribution in [1.82, 2.24) is 4.98 Å². The summed E-state index contributed by atoms with van der Waals surface area (Å²) < 4.78 is 13.2. The summed E-state index contributed by atoms with van der Waals surface area (Å²) in [7, 11) is 0. The molecule has 0 aliphatic heterocycles. The molecule has 1 amide bonds. The number of anilines is 1. The fraction of sp³-hybridized carbons (Fsp3) is 0.375. The van der Waals surface area contributed by atoms with Gasteiger partial charge in [-0.1, -0.05) is 25.0 Å². The van der Waals surface area contributed by atoms with Crippen molar-refractivity contribution in [3.8, 4) is 0 Å². The number of hydrogen-bond donors (Lipinski definition) is 2. The first-order chi connectivity index (χ1) is 10.5. The molecule has 2 aromatic rings. The summed E-state index contributed by atoms with van der Waals surface area (Å²) in [6.07, 6.45) is 5.74. The second kappa shape index (κ2) is 6.14. The molecule has 6 heteroatoms. The minimum Gasteiger partial charge on any atom is -0.317 e. The van der Waals surface area contributed by atoms with Crippen LogP contribution in [0, 0.1) is 5.82 Å². The van der Waals surface area contributed by atoms with Gasteiger partial charge in [-0.3, -0.25) is 4.79 Å². The molecule has 1 saturated carbocycles. The molecular formula is C16H18FN3OS. The van der Waals surface area contributed by atoms with E-state index in [0.717, 1.165) is 36.1 Å². The van der Waals surface area contributed by atoms with Crippen molar-refractivity contribution in [2.24, 2.45) is 5.73 Å². The van der Waals surface area contributed by atoms with Crippen LogP contribution in [-0.4, -0.2) is 16.4 Å². The van der Waals surface area contributed by atoms with Gasteiger partial charge in [0.25, 0.3) is 0 Å². The Balaban J connectivity index is 1.65. The normalized spacial score (nSPS) is 16.6. The summed E-state index contributed by atoms with van der Waals surface area (Å²) in [4.78, 5) is 17.4. The smallest absolute Gasteiger partial charge is 0.246 e. The van der Waals surface area contributed by atoms with Crippen LogP contribution in [0.2, 0.25) is 0 Å². The standard InChI is InChI=1S/C16H18FN3OS/c17-12-5-3-4-11(8-12)9-13-10-19-15(22-13)20-14(21)16(18)6-1-2-7-16/h3-5,8,10H,1-2,6-7,9,18H2,(H,19,20,21). The van der Waals surface area contributed by atoms with Crippen LogP contribution in [0.5, 0.6) is 0 Å². The molecule has 116 valence electrons. The van der Waals surface area contributed by atoms with Crippen LogP contribution in [-0.2, 0) is 11.2 Å². The maximum atomic E-state index is 13.2. The molecule has 0 radical (unpaired) electrons. The number of thiazole rings is 1. The molecule has 1 aromatic heterocycles. The maximum Gasteiger partial charge on any atom is 0.246 e. The van der Waals surface area contributed by atoms with Crippen LogP contribution in [0.3, 0.4) is 0 Å². The Labute approximate surface area is 132 Å². The van der Waals surface area contributed by atoms with E-state index in [2.05, 4.69) is 10.3 Å². The van der Waals surface area contributed by atoms with Gasteiger partial charge in [0, 0.05) is 17.5 Å². The zero-order chi connectivity index (χ0) is 15.6. The van der Waals surface area contributed by atoms with Gasteiger partial charge in [0.15, 0.2) is 5.13 Å². The third kappa shape index (κ3) is 3.34. The van der Waals surface area contributed by atoms with Crippen molar-refractivity contribution in [2.75, 3.05) is 5.32 Å². The Morgan fingerprint density at radius 3 is 2.91 bits per heavy atom. The van der Waals surface area contributed by atoms with E-state index in [1.165, 1.54) is 23.5 Å². The highest BCUT2D eigenvalue weighted by Gasteiger charge is 2.37. The molecule has 1 aliphatic carbocycles. The summed E-state index contributed by atoms with van der Waals surface area (Å²) in [5.74, 6) is -0.404. The number of nitrogens with zero attached hydrogens (tertiary/aromatic N) is 1. The number of nitrogens with one attached hydrogen (secondary N) is 1. The summed E-state index contributed by atoms with van der Waals surface area (Å²) >= 11 is 1.40. The summed E-state index contributed by atoms with van der Waals surface area (Å²) in [6, 6.07) is 6.48. The van der Waals surface area contributed by atoms with Crippen molar-refractivity contribution in [3.63, 3.8) is 0 Å². The molecule has 1 aliphatic rings. The first-order valence-electron chi connectivity index (χ1n) is 7.35. The molecule has 0 unspecified atom stereocenters. The Hall–Kier alpha value is -1.79. The lowest BCUT2D eigenvalue weighted by molar-refractivity contribution is -0.121. The summed E-state index contributed by atoms with van der Waals surface area (Å²) in [5.41, 5.74) is 6.25. The third-order valence-corrected chi connectivity index (χ3v) is 4.90. The minimum absolute atomic E-state index is 0.156. The van der Waals surface area contributed by atoms with E-state index in [-0.39, 0.29) is 11.7 Å². The van der Waals surface area contributed by atoms with E-state index in [1.54, 1.807) is 12.3 Å². The highest BCUT2D eigenvalue weighted by atomic mass is 32.1. The van der Waals surface area contributed by atoms with Crippen molar-refractivity contribution in [3.05, 3.63) is 46.7 Å². The van der Waals surface area contributed by atoms with Crippen LogP contribution in [0.25, 0.3) is 0 Å². The van der Waals surface area contributed by atoms with E-state index in [0.29, 0.717) is 11.6 Å². The monoisotopic (exact) mass is 319 g/mol. The molecule has 3 rings (SSSR count). The molecular weight excluding hydrogens is 301 g/mol. The Bertz CT molecular complexity index is 680. The van der Waals surface area contributed by atoms with Gasteiger partial charge in [0.05, 0.1) is 5.54 Å². The average molecular weight is 319 g/mol. The molecule has 1 aromatic carbocycles. The second-order valence-corrected chi connectivity index (χ2v) is 6.87. The predicted molar refractivity (Wildman–Crippen MR) is 85.3 cm³/mol. The van der Waals surface area contributed by atoms with Crippen LogP contribution in [0.15, 0.2) is 30.5 Å². The lowest BCUT2D eigenvalue weighted by Gasteiger charge is -2.21. The third-order valence-electron chi connectivity index (χ3n) is 3.99. The number of aromatic nitrogens is 1. The zero-order valence-corrected chi connectivity index (χ0v) is 13.0. The molecule has 4 nitrogen and oxygen atoms in total. The van der Waals surface area contributed by atoms with Crippen molar-refractivity contribution in [1.29, 1.82) is 0 Å². The van der Waals surface area contributed by atoms with Gasteiger partial charge in [-0.25, -0.2) is 9.37 Å². The highest BCUT2D eigenvalue weighted by Crippen LogP contribution is 2.29. The number of amides is 1. The maximum absolute atomic E-state index is 13.2. The lowest BCUT2D eigenvalue weighted by atomic mass is 9.98. The van der Waals surface area contributed by atoms with Crippen LogP contribution < -0.4 is 11.1 Å². The number of nitrogens with two attached hydrogens (primary N) is 1. The fourth-order valence-corrected chi connectivity index (χ4v) is 3.59. The van der Waals surface area contributed by atoms with Gasteiger partial charge in [0.1, 0.15) is 5.82 Å². The number of benzene rings is 1.